The molecule has 2 atom stereocenters. The Balaban J connectivity index is 2.60. The number of carbonyl (C=O) groups excluding carboxylic acids is 2. The van der Waals surface area contributed by atoms with Crippen LogP contribution in [0, 0.1) is 5.92 Å². The van der Waals surface area contributed by atoms with E-state index >= 15 is 0 Å². The first-order valence-corrected chi connectivity index (χ1v) is 7.30. The van der Waals surface area contributed by atoms with Gasteiger partial charge in [-0.25, -0.2) is 4.79 Å². The zero-order valence-electron chi connectivity index (χ0n) is 13.3. The van der Waals surface area contributed by atoms with E-state index in [9.17, 15) is 9.59 Å². The lowest BCUT2D eigenvalue weighted by Crippen LogP contribution is -2.43. The Morgan fingerprint density at radius 2 is 1.90 bits per heavy atom. The Morgan fingerprint density at radius 3 is 2.43 bits per heavy atom. The third kappa shape index (κ3) is 6.93. The molecule has 1 amide bonds. The van der Waals surface area contributed by atoms with Crippen molar-refractivity contribution < 1.29 is 14.3 Å². The number of rotatable bonds is 6. The number of hydrogen-bond acceptors (Lipinski definition) is 3. The Kier molecular flexibility index (Phi) is 6.40. The zero-order valence-corrected chi connectivity index (χ0v) is 13.3. The molecule has 1 N–H and O–H groups in total. The molecule has 1 aromatic carbocycles. The number of nitrogens with one attached hydrogen (secondary N) is 1. The highest BCUT2D eigenvalue weighted by atomic mass is 16.6. The first kappa shape index (κ1) is 17.2. The van der Waals surface area contributed by atoms with Crippen LogP contribution in [0.2, 0.25) is 0 Å². The largest absolute Gasteiger partial charge is 0.444 e. The molecule has 0 saturated carbocycles. The molecule has 0 fully saturated rings. The number of aldehydes is 1. The molecule has 0 aliphatic carbocycles. The molecule has 4 nitrogen and oxygen atoms in total. The van der Waals surface area contributed by atoms with Gasteiger partial charge in [0.2, 0.25) is 0 Å². The van der Waals surface area contributed by atoms with Crippen molar-refractivity contribution in [1.82, 2.24) is 5.32 Å². The van der Waals surface area contributed by atoms with Gasteiger partial charge in [0.1, 0.15) is 11.9 Å². The molecule has 0 aliphatic heterocycles. The Bertz CT molecular complexity index is 451. The van der Waals surface area contributed by atoms with Crippen molar-refractivity contribution in [2.24, 2.45) is 5.92 Å². The van der Waals surface area contributed by atoms with Crippen molar-refractivity contribution in [3.63, 3.8) is 0 Å². The van der Waals surface area contributed by atoms with Crippen LogP contribution in [0.4, 0.5) is 4.79 Å². The molecule has 116 valence electrons. The second kappa shape index (κ2) is 7.81. The normalized spacial score (nSPS) is 14.1. The number of alkyl carbamates (subject to hydrolysis) is 1. The van der Waals surface area contributed by atoms with Crippen molar-refractivity contribution in [3.05, 3.63) is 35.9 Å². The van der Waals surface area contributed by atoms with E-state index in [2.05, 4.69) is 5.32 Å². The van der Waals surface area contributed by atoms with Crippen LogP contribution in [0.3, 0.4) is 0 Å². The average Bonchev–Trinajstić information content (AvgIpc) is 2.41. The average molecular weight is 291 g/mol. The first-order chi connectivity index (χ1) is 9.81. The highest BCUT2D eigenvalue weighted by molar-refractivity contribution is 5.69. The molecule has 0 aromatic heterocycles. The van der Waals surface area contributed by atoms with Crippen LogP contribution < -0.4 is 5.32 Å². The lowest BCUT2D eigenvalue weighted by molar-refractivity contribution is -0.111. The lowest BCUT2D eigenvalue weighted by Gasteiger charge is -2.25. The maximum atomic E-state index is 11.9. The van der Waals surface area contributed by atoms with Crippen molar-refractivity contribution in [2.45, 2.75) is 52.2 Å². The number of ether oxygens (including phenoxy) is 1. The van der Waals surface area contributed by atoms with Gasteiger partial charge >= 0.3 is 6.09 Å². The Hall–Kier alpha value is -1.84. The number of carbonyl (C=O) groups is 2. The third-order valence-electron chi connectivity index (χ3n) is 3.14. The monoisotopic (exact) mass is 291 g/mol. The molecule has 4 heteroatoms. The van der Waals surface area contributed by atoms with Crippen molar-refractivity contribution in [3.8, 4) is 0 Å². The smallest absolute Gasteiger partial charge is 0.407 e. The van der Waals surface area contributed by atoms with Gasteiger partial charge in [-0.2, -0.15) is 0 Å². The van der Waals surface area contributed by atoms with Crippen molar-refractivity contribution in [2.75, 3.05) is 0 Å². The Morgan fingerprint density at radius 1 is 1.29 bits per heavy atom. The quantitative estimate of drug-likeness (QED) is 0.818. The fourth-order valence-electron chi connectivity index (χ4n) is 1.99. The second-order valence-corrected chi connectivity index (χ2v) is 6.27. The van der Waals surface area contributed by atoms with Crippen molar-refractivity contribution >= 4 is 12.4 Å². The predicted molar refractivity (Wildman–Crippen MR) is 83.1 cm³/mol. The van der Waals surface area contributed by atoms with Gasteiger partial charge in [0.05, 0.1) is 0 Å². The van der Waals surface area contributed by atoms with E-state index in [0.29, 0.717) is 6.42 Å². The van der Waals surface area contributed by atoms with E-state index < -0.39 is 11.7 Å². The van der Waals surface area contributed by atoms with E-state index in [1.165, 1.54) is 5.56 Å². The maximum absolute atomic E-state index is 11.9. The van der Waals surface area contributed by atoms with E-state index in [1.807, 2.05) is 51.1 Å². The van der Waals surface area contributed by atoms with Crippen LogP contribution in [-0.4, -0.2) is 24.0 Å². The predicted octanol–water partition coefficient (Wildman–Crippen LogP) is 3.35. The van der Waals surface area contributed by atoms with Gasteiger partial charge in [-0.1, -0.05) is 37.3 Å². The van der Waals surface area contributed by atoms with E-state index in [1.54, 1.807) is 6.92 Å². The van der Waals surface area contributed by atoms with Crippen LogP contribution >= 0.6 is 0 Å². The van der Waals surface area contributed by atoms with Gasteiger partial charge in [-0.3, -0.25) is 0 Å². The van der Waals surface area contributed by atoms with E-state index in [-0.39, 0.29) is 12.0 Å². The molecule has 0 radical (unpaired) electrons. The third-order valence-corrected chi connectivity index (χ3v) is 3.14. The molecule has 0 unspecified atom stereocenters. The molecule has 0 saturated heterocycles. The summed E-state index contributed by atoms with van der Waals surface area (Å²) in [5.74, 6) is -0.249. The Labute approximate surface area is 126 Å². The summed E-state index contributed by atoms with van der Waals surface area (Å²) < 4.78 is 5.25. The molecule has 0 spiro atoms. The standard InChI is InChI=1S/C17H25NO3/c1-13(12-19)15(18-16(20)21-17(2,3)4)11-10-14-8-6-5-7-9-14/h5-9,12-13,15H,10-11H2,1-4H3,(H,18,20)/t13-,15+/m0/s1. The van der Waals surface area contributed by atoms with Gasteiger partial charge in [0.25, 0.3) is 0 Å². The molecule has 21 heavy (non-hydrogen) atoms. The van der Waals surface area contributed by atoms with Gasteiger partial charge in [0, 0.05) is 12.0 Å². The molecule has 0 aliphatic rings. The number of amides is 1. The SMILES string of the molecule is C[C@@H](C=O)[C@@H](CCc1ccccc1)NC(=O)OC(C)(C)C. The summed E-state index contributed by atoms with van der Waals surface area (Å²) in [5.41, 5.74) is 0.643. The maximum Gasteiger partial charge on any atom is 0.407 e. The molecule has 1 rings (SSSR count). The van der Waals surface area contributed by atoms with Crippen LogP contribution in [0.15, 0.2) is 30.3 Å². The van der Waals surface area contributed by atoms with E-state index in [0.717, 1.165) is 12.7 Å². The number of hydrogen-bond donors (Lipinski definition) is 1. The second-order valence-electron chi connectivity index (χ2n) is 6.27. The summed E-state index contributed by atoms with van der Waals surface area (Å²) in [6, 6.07) is 9.78. The molecule has 0 bridgehead atoms. The van der Waals surface area contributed by atoms with Gasteiger partial charge in [-0.15, -0.1) is 0 Å². The summed E-state index contributed by atoms with van der Waals surface area (Å²) >= 11 is 0. The summed E-state index contributed by atoms with van der Waals surface area (Å²) in [6.07, 6.45) is 1.89. The highest BCUT2D eigenvalue weighted by Crippen LogP contribution is 2.12. The fourth-order valence-corrected chi connectivity index (χ4v) is 1.99. The summed E-state index contributed by atoms with van der Waals surface area (Å²) in [5, 5.41) is 2.80. The van der Waals surface area contributed by atoms with Crippen LogP contribution in [0.1, 0.15) is 39.7 Å². The number of aryl methyl sites for hydroxylation is 1. The zero-order chi connectivity index (χ0) is 15.9. The van der Waals surface area contributed by atoms with Gasteiger partial charge in [0.15, 0.2) is 0 Å². The van der Waals surface area contributed by atoms with Crippen LogP contribution in [0.25, 0.3) is 0 Å². The number of benzene rings is 1. The van der Waals surface area contributed by atoms with Crippen LogP contribution in [0.5, 0.6) is 0 Å². The molecule has 1 aromatic rings. The van der Waals surface area contributed by atoms with Crippen LogP contribution in [-0.2, 0) is 16.0 Å². The minimum atomic E-state index is -0.543. The molecule has 0 heterocycles. The topological polar surface area (TPSA) is 55.4 Å². The van der Waals surface area contributed by atoms with Crippen molar-refractivity contribution in [1.29, 1.82) is 0 Å². The van der Waals surface area contributed by atoms with E-state index in [4.69, 9.17) is 4.74 Å². The lowest BCUT2D eigenvalue weighted by atomic mass is 9.96. The molecular formula is C17H25NO3. The minimum absolute atomic E-state index is 0.224. The molecular weight excluding hydrogens is 266 g/mol. The highest BCUT2D eigenvalue weighted by Gasteiger charge is 2.22. The van der Waals surface area contributed by atoms with Gasteiger partial charge in [-0.05, 0) is 39.2 Å². The fraction of sp³-hybridized carbons (Fsp3) is 0.529. The first-order valence-electron chi connectivity index (χ1n) is 7.30. The summed E-state index contributed by atoms with van der Waals surface area (Å²) in [7, 11) is 0. The summed E-state index contributed by atoms with van der Waals surface area (Å²) in [6.45, 7) is 7.25. The summed E-state index contributed by atoms with van der Waals surface area (Å²) in [4.78, 5) is 22.9. The van der Waals surface area contributed by atoms with Gasteiger partial charge < -0.3 is 14.8 Å². The minimum Gasteiger partial charge on any atom is -0.444 e.